The molecule has 8 heteroatoms. The van der Waals surface area contributed by atoms with Gasteiger partial charge in [-0.3, -0.25) is 9.59 Å². The second-order valence-electron chi connectivity index (χ2n) is 7.69. The lowest BCUT2D eigenvalue weighted by Crippen LogP contribution is -2.20. The van der Waals surface area contributed by atoms with E-state index < -0.39 is 0 Å². The fourth-order valence-electron chi connectivity index (χ4n) is 3.64. The summed E-state index contributed by atoms with van der Waals surface area (Å²) in [7, 11) is 1.59. The standard InChI is InChI=1S/C25H26N2O6/c1-30-21-12-11-18(15-23(21)33-19-7-2-3-8-19)26-24(28)16-32-20-9-4-6-17(14-20)27-25(29)22-10-5-13-31-22/h4-6,9-15,19H,2-3,7-8,16H2,1H3,(H,26,28)(H,27,29). The van der Waals surface area contributed by atoms with Gasteiger partial charge in [0.1, 0.15) is 5.75 Å². The molecular formula is C25H26N2O6. The van der Waals surface area contributed by atoms with Gasteiger partial charge in [0.15, 0.2) is 23.9 Å². The third-order valence-corrected chi connectivity index (χ3v) is 5.25. The molecular weight excluding hydrogens is 424 g/mol. The van der Waals surface area contributed by atoms with E-state index in [-0.39, 0.29) is 30.3 Å². The maximum atomic E-state index is 12.4. The molecule has 0 aliphatic heterocycles. The van der Waals surface area contributed by atoms with E-state index in [1.807, 2.05) is 0 Å². The maximum absolute atomic E-state index is 12.4. The van der Waals surface area contributed by atoms with Crippen LogP contribution in [0.2, 0.25) is 0 Å². The predicted molar refractivity (Wildman–Crippen MR) is 123 cm³/mol. The number of rotatable bonds is 9. The van der Waals surface area contributed by atoms with Crippen LogP contribution in [-0.4, -0.2) is 31.6 Å². The molecule has 1 aliphatic rings. The molecule has 1 fully saturated rings. The van der Waals surface area contributed by atoms with E-state index in [4.69, 9.17) is 18.6 Å². The third kappa shape index (κ3) is 6.06. The number of hydrogen-bond donors (Lipinski definition) is 2. The first-order valence-corrected chi connectivity index (χ1v) is 10.8. The maximum Gasteiger partial charge on any atom is 0.291 e. The topological polar surface area (TPSA) is 99.0 Å². The summed E-state index contributed by atoms with van der Waals surface area (Å²) in [5.41, 5.74) is 1.12. The molecule has 0 bridgehead atoms. The number of benzene rings is 2. The monoisotopic (exact) mass is 450 g/mol. The minimum atomic E-state index is -0.370. The number of carbonyl (C=O) groups is 2. The van der Waals surface area contributed by atoms with Crippen molar-refractivity contribution in [1.82, 2.24) is 0 Å². The first kappa shape index (κ1) is 22.3. The zero-order valence-electron chi connectivity index (χ0n) is 18.3. The van der Waals surface area contributed by atoms with E-state index in [0.717, 1.165) is 25.7 Å². The largest absolute Gasteiger partial charge is 0.493 e. The highest BCUT2D eigenvalue weighted by atomic mass is 16.5. The second-order valence-corrected chi connectivity index (χ2v) is 7.69. The number of ether oxygens (including phenoxy) is 3. The van der Waals surface area contributed by atoms with Gasteiger partial charge < -0.3 is 29.3 Å². The van der Waals surface area contributed by atoms with Gasteiger partial charge in [0.2, 0.25) is 0 Å². The molecule has 1 aliphatic carbocycles. The van der Waals surface area contributed by atoms with Gasteiger partial charge in [0, 0.05) is 23.5 Å². The molecule has 2 aromatic carbocycles. The zero-order chi connectivity index (χ0) is 23.0. The van der Waals surface area contributed by atoms with Crippen molar-refractivity contribution in [3.8, 4) is 17.2 Å². The summed E-state index contributed by atoms with van der Waals surface area (Å²) in [4.78, 5) is 24.5. The number of hydrogen-bond acceptors (Lipinski definition) is 6. The molecule has 4 rings (SSSR count). The molecule has 1 heterocycles. The molecule has 0 atom stereocenters. The summed E-state index contributed by atoms with van der Waals surface area (Å²) in [6.07, 6.45) is 5.97. The SMILES string of the molecule is COc1ccc(NC(=O)COc2cccc(NC(=O)c3ccco3)c2)cc1OC1CCCC1. The Bertz CT molecular complexity index is 1090. The van der Waals surface area contributed by atoms with Crippen molar-refractivity contribution < 1.29 is 28.2 Å². The van der Waals surface area contributed by atoms with Crippen LogP contribution in [0, 0.1) is 0 Å². The second kappa shape index (κ2) is 10.6. The van der Waals surface area contributed by atoms with Crippen LogP contribution in [-0.2, 0) is 4.79 Å². The normalized spacial score (nSPS) is 13.4. The minimum absolute atomic E-state index is 0.175. The molecule has 8 nitrogen and oxygen atoms in total. The van der Waals surface area contributed by atoms with E-state index in [2.05, 4.69) is 10.6 Å². The lowest BCUT2D eigenvalue weighted by Gasteiger charge is -2.17. The van der Waals surface area contributed by atoms with Crippen LogP contribution in [0.25, 0.3) is 0 Å². The minimum Gasteiger partial charge on any atom is -0.493 e. The van der Waals surface area contributed by atoms with Crippen molar-refractivity contribution in [2.75, 3.05) is 24.4 Å². The van der Waals surface area contributed by atoms with E-state index in [1.165, 1.54) is 6.26 Å². The lowest BCUT2D eigenvalue weighted by atomic mass is 10.2. The molecule has 0 unspecified atom stereocenters. The average molecular weight is 450 g/mol. The molecule has 1 aromatic heterocycles. The zero-order valence-corrected chi connectivity index (χ0v) is 18.3. The Morgan fingerprint density at radius 2 is 1.79 bits per heavy atom. The Balaban J connectivity index is 1.32. The van der Waals surface area contributed by atoms with E-state index >= 15 is 0 Å². The number of nitrogens with one attached hydrogen (secondary N) is 2. The van der Waals surface area contributed by atoms with Crippen LogP contribution in [0.15, 0.2) is 65.3 Å². The highest BCUT2D eigenvalue weighted by molar-refractivity contribution is 6.02. The summed E-state index contributed by atoms with van der Waals surface area (Å²) in [5.74, 6) is 1.20. The van der Waals surface area contributed by atoms with Crippen molar-refractivity contribution >= 4 is 23.2 Å². The number of anilines is 2. The summed E-state index contributed by atoms with van der Waals surface area (Å²) >= 11 is 0. The van der Waals surface area contributed by atoms with Crippen molar-refractivity contribution in [1.29, 1.82) is 0 Å². The number of furan rings is 1. The van der Waals surface area contributed by atoms with Gasteiger partial charge in [0.05, 0.1) is 19.5 Å². The average Bonchev–Trinajstić information content (AvgIpc) is 3.53. The van der Waals surface area contributed by atoms with Gasteiger partial charge in [-0.2, -0.15) is 0 Å². The first-order valence-electron chi connectivity index (χ1n) is 10.8. The van der Waals surface area contributed by atoms with Gasteiger partial charge in [-0.25, -0.2) is 0 Å². The predicted octanol–water partition coefficient (Wildman–Crippen LogP) is 4.88. The van der Waals surface area contributed by atoms with Crippen molar-refractivity contribution in [3.05, 3.63) is 66.6 Å². The molecule has 0 spiro atoms. The molecule has 3 aromatic rings. The van der Waals surface area contributed by atoms with Gasteiger partial charge >= 0.3 is 0 Å². The molecule has 0 saturated heterocycles. The van der Waals surface area contributed by atoms with Gasteiger partial charge in [-0.15, -0.1) is 0 Å². The number of methoxy groups -OCH3 is 1. The van der Waals surface area contributed by atoms with E-state index in [1.54, 1.807) is 61.7 Å². The summed E-state index contributed by atoms with van der Waals surface area (Å²) in [6, 6.07) is 15.3. The fraction of sp³-hybridized carbons (Fsp3) is 0.280. The Hall–Kier alpha value is -3.94. The van der Waals surface area contributed by atoms with Crippen LogP contribution in [0.4, 0.5) is 11.4 Å². The van der Waals surface area contributed by atoms with Crippen molar-refractivity contribution in [2.45, 2.75) is 31.8 Å². The van der Waals surface area contributed by atoms with Crippen molar-refractivity contribution in [2.24, 2.45) is 0 Å². The fourth-order valence-corrected chi connectivity index (χ4v) is 3.64. The molecule has 2 N–H and O–H groups in total. The van der Waals surface area contributed by atoms with Gasteiger partial charge in [-0.05, 0) is 62.1 Å². The van der Waals surface area contributed by atoms with Gasteiger partial charge in [-0.1, -0.05) is 6.07 Å². The smallest absolute Gasteiger partial charge is 0.291 e. The lowest BCUT2D eigenvalue weighted by molar-refractivity contribution is -0.118. The Labute approximate surface area is 191 Å². The molecule has 2 amide bonds. The highest BCUT2D eigenvalue weighted by Crippen LogP contribution is 2.34. The number of amides is 2. The summed E-state index contributed by atoms with van der Waals surface area (Å²) in [5, 5.41) is 5.53. The van der Waals surface area contributed by atoms with Crippen LogP contribution in [0.3, 0.4) is 0 Å². The quantitative estimate of drug-likeness (QED) is 0.482. The Morgan fingerprint density at radius 1 is 0.970 bits per heavy atom. The highest BCUT2D eigenvalue weighted by Gasteiger charge is 2.19. The number of carbonyl (C=O) groups excluding carboxylic acids is 2. The third-order valence-electron chi connectivity index (χ3n) is 5.25. The first-order chi connectivity index (χ1) is 16.1. The summed E-state index contributed by atoms with van der Waals surface area (Å²) < 4.78 is 22.1. The van der Waals surface area contributed by atoms with Crippen LogP contribution in [0.1, 0.15) is 36.2 Å². The molecule has 0 radical (unpaired) electrons. The Kier molecular flexibility index (Phi) is 7.14. The van der Waals surface area contributed by atoms with Crippen LogP contribution in [0.5, 0.6) is 17.2 Å². The Morgan fingerprint density at radius 3 is 2.55 bits per heavy atom. The van der Waals surface area contributed by atoms with E-state index in [0.29, 0.717) is 28.6 Å². The van der Waals surface area contributed by atoms with Crippen LogP contribution >= 0.6 is 0 Å². The van der Waals surface area contributed by atoms with Crippen LogP contribution < -0.4 is 24.8 Å². The summed E-state index contributed by atoms with van der Waals surface area (Å²) in [6.45, 7) is -0.194. The molecule has 33 heavy (non-hydrogen) atoms. The van der Waals surface area contributed by atoms with E-state index in [9.17, 15) is 9.59 Å². The van der Waals surface area contributed by atoms with Gasteiger partial charge in [0.25, 0.3) is 11.8 Å². The molecule has 172 valence electrons. The van der Waals surface area contributed by atoms with Crippen molar-refractivity contribution in [3.63, 3.8) is 0 Å². The molecule has 1 saturated carbocycles.